The van der Waals surface area contributed by atoms with E-state index in [4.69, 9.17) is 0 Å². The molecule has 0 saturated carbocycles. The third-order valence-electron chi connectivity index (χ3n) is 3.23. The minimum atomic E-state index is -4.35. The van der Waals surface area contributed by atoms with Crippen molar-refractivity contribution in [1.29, 1.82) is 0 Å². The fraction of sp³-hybridized carbons (Fsp3) is 0.562. The van der Waals surface area contributed by atoms with Crippen LogP contribution >= 0.6 is 0 Å². The highest BCUT2D eigenvalue weighted by Crippen LogP contribution is 2.29. The highest BCUT2D eigenvalue weighted by atomic mass is 19.4. The second-order valence-corrected chi connectivity index (χ2v) is 5.39. The first-order chi connectivity index (χ1) is 12.1. The molecule has 10 heteroatoms. The van der Waals surface area contributed by atoms with E-state index in [0.717, 1.165) is 17.7 Å². The molecule has 0 radical (unpaired) electrons. The van der Waals surface area contributed by atoms with Crippen LogP contribution in [0.4, 0.5) is 26.3 Å². The molecule has 0 saturated heterocycles. The summed E-state index contributed by atoms with van der Waals surface area (Å²) in [5.74, 6) is 0.452. The Bertz CT molecular complexity index is 555. The number of aliphatic imine (C=N–C) groups is 1. The van der Waals surface area contributed by atoms with Gasteiger partial charge in [-0.15, -0.1) is 0 Å². The smallest absolute Gasteiger partial charge is 0.372 e. The Labute approximate surface area is 147 Å². The van der Waals surface area contributed by atoms with Crippen molar-refractivity contribution in [3.05, 3.63) is 35.4 Å². The van der Waals surface area contributed by atoms with Gasteiger partial charge in [-0.3, -0.25) is 4.99 Å². The summed E-state index contributed by atoms with van der Waals surface area (Å²) in [6.07, 6.45) is -7.82. The number of hydrogen-bond acceptors (Lipinski definition) is 2. The van der Waals surface area contributed by atoms with Gasteiger partial charge in [-0.1, -0.05) is 12.1 Å². The first-order valence-corrected chi connectivity index (χ1v) is 7.87. The minimum absolute atomic E-state index is 0.0327. The molecule has 0 aliphatic carbocycles. The van der Waals surface area contributed by atoms with E-state index < -0.39 is 24.5 Å². The molecule has 0 aliphatic heterocycles. The number of benzene rings is 1. The van der Waals surface area contributed by atoms with Gasteiger partial charge < -0.3 is 15.4 Å². The molecule has 0 unspecified atom stereocenters. The second kappa shape index (κ2) is 10.2. The lowest BCUT2D eigenvalue weighted by atomic mass is 10.1. The van der Waals surface area contributed by atoms with Crippen LogP contribution in [0, 0.1) is 0 Å². The molecular formula is C16H21F6N3O. The number of alkyl halides is 6. The Balaban J connectivity index is 2.22. The predicted molar refractivity (Wildman–Crippen MR) is 86.0 cm³/mol. The van der Waals surface area contributed by atoms with Crippen molar-refractivity contribution in [3.63, 3.8) is 0 Å². The highest BCUT2D eigenvalue weighted by molar-refractivity contribution is 5.79. The van der Waals surface area contributed by atoms with Crippen molar-refractivity contribution in [2.75, 3.05) is 33.4 Å². The lowest BCUT2D eigenvalue weighted by Crippen LogP contribution is -2.39. The van der Waals surface area contributed by atoms with E-state index in [2.05, 4.69) is 20.4 Å². The Morgan fingerprint density at radius 3 is 2.15 bits per heavy atom. The first-order valence-electron chi connectivity index (χ1n) is 7.87. The van der Waals surface area contributed by atoms with Crippen molar-refractivity contribution >= 4 is 5.96 Å². The molecule has 1 aromatic carbocycles. The summed E-state index contributed by atoms with van der Waals surface area (Å²) < 4.78 is 77.6. The van der Waals surface area contributed by atoms with Crippen LogP contribution in [0.15, 0.2) is 29.3 Å². The van der Waals surface area contributed by atoms with Gasteiger partial charge in [0.15, 0.2) is 5.96 Å². The van der Waals surface area contributed by atoms with Crippen LogP contribution in [0.2, 0.25) is 0 Å². The van der Waals surface area contributed by atoms with E-state index in [0.29, 0.717) is 31.9 Å². The number of ether oxygens (including phenoxy) is 1. The van der Waals surface area contributed by atoms with Gasteiger partial charge >= 0.3 is 12.4 Å². The third kappa shape index (κ3) is 9.50. The van der Waals surface area contributed by atoms with E-state index in [9.17, 15) is 26.3 Å². The van der Waals surface area contributed by atoms with E-state index in [1.807, 2.05) is 0 Å². The predicted octanol–water partition coefficient (Wildman–Crippen LogP) is 3.38. The molecule has 0 aromatic heterocycles. The Morgan fingerprint density at radius 1 is 1.00 bits per heavy atom. The monoisotopic (exact) mass is 385 g/mol. The van der Waals surface area contributed by atoms with Crippen LogP contribution in [-0.2, 0) is 17.3 Å². The van der Waals surface area contributed by atoms with Crippen LogP contribution in [0.1, 0.15) is 17.5 Å². The molecule has 0 bridgehead atoms. The Hall–Kier alpha value is -1.97. The van der Waals surface area contributed by atoms with Gasteiger partial charge in [0, 0.05) is 26.7 Å². The molecule has 26 heavy (non-hydrogen) atoms. The maximum atomic E-state index is 12.5. The molecule has 1 aromatic rings. The average molecular weight is 385 g/mol. The van der Waals surface area contributed by atoms with Gasteiger partial charge in [0.2, 0.25) is 0 Å². The number of halogens is 6. The molecule has 0 spiro atoms. The maximum Gasteiger partial charge on any atom is 0.416 e. The van der Waals surface area contributed by atoms with Crippen LogP contribution in [0.3, 0.4) is 0 Å². The zero-order chi connectivity index (χ0) is 19.6. The topological polar surface area (TPSA) is 45.7 Å². The van der Waals surface area contributed by atoms with Gasteiger partial charge in [0.1, 0.15) is 6.61 Å². The molecule has 0 aliphatic rings. The first kappa shape index (κ1) is 22.1. The van der Waals surface area contributed by atoms with Gasteiger partial charge in [0.25, 0.3) is 0 Å². The lowest BCUT2D eigenvalue weighted by molar-refractivity contribution is -0.173. The average Bonchev–Trinajstić information content (AvgIpc) is 2.55. The molecule has 0 atom stereocenters. The Morgan fingerprint density at radius 2 is 1.62 bits per heavy atom. The quantitative estimate of drug-likeness (QED) is 0.312. The summed E-state index contributed by atoms with van der Waals surface area (Å²) in [5, 5.41) is 5.88. The zero-order valence-corrected chi connectivity index (χ0v) is 14.2. The number of nitrogens with zero attached hydrogens (tertiary/aromatic N) is 1. The summed E-state index contributed by atoms with van der Waals surface area (Å²) >= 11 is 0. The SMILES string of the molecule is CN=C(NCCCOCC(F)(F)F)NCCc1ccc(C(F)(F)F)cc1. The normalized spacial score (nSPS) is 13.0. The molecular weight excluding hydrogens is 364 g/mol. The summed E-state index contributed by atoms with van der Waals surface area (Å²) in [4.78, 5) is 3.95. The lowest BCUT2D eigenvalue weighted by Gasteiger charge is -2.13. The fourth-order valence-corrected chi connectivity index (χ4v) is 1.98. The van der Waals surface area contributed by atoms with Crippen molar-refractivity contribution in [1.82, 2.24) is 10.6 Å². The number of nitrogens with one attached hydrogen (secondary N) is 2. The van der Waals surface area contributed by atoms with E-state index in [1.54, 1.807) is 0 Å². The second-order valence-electron chi connectivity index (χ2n) is 5.39. The van der Waals surface area contributed by atoms with Crippen molar-refractivity contribution < 1.29 is 31.1 Å². The van der Waals surface area contributed by atoms with E-state index in [-0.39, 0.29) is 6.61 Å². The minimum Gasteiger partial charge on any atom is -0.372 e. The molecule has 148 valence electrons. The summed E-state index contributed by atoms with van der Waals surface area (Å²) in [6.45, 7) is -0.490. The number of rotatable bonds is 8. The van der Waals surface area contributed by atoms with Gasteiger partial charge in [0.05, 0.1) is 5.56 Å². The zero-order valence-electron chi connectivity index (χ0n) is 14.2. The van der Waals surface area contributed by atoms with Crippen molar-refractivity contribution in [2.45, 2.75) is 25.2 Å². The summed E-state index contributed by atoms with van der Waals surface area (Å²) in [7, 11) is 1.54. The van der Waals surface area contributed by atoms with Crippen molar-refractivity contribution in [3.8, 4) is 0 Å². The fourth-order valence-electron chi connectivity index (χ4n) is 1.98. The number of guanidine groups is 1. The van der Waals surface area contributed by atoms with E-state index in [1.165, 1.54) is 19.2 Å². The van der Waals surface area contributed by atoms with Gasteiger partial charge in [-0.05, 0) is 30.5 Å². The molecule has 0 amide bonds. The molecule has 2 N–H and O–H groups in total. The molecule has 4 nitrogen and oxygen atoms in total. The Kier molecular flexibility index (Phi) is 8.70. The maximum absolute atomic E-state index is 12.5. The van der Waals surface area contributed by atoms with Crippen LogP contribution in [0.5, 0.6) is 0 Å². The van der Waals surface area contributed by atoms with Crippen LogP contribution in [0.25, 0.3) is 0 Å². The summed E-state index contributed by atoms with van der Waals surface area (Å²) in [5.41, 5.74) is 0.0425. The standard InChI is InChI=1S/C16H21F6N3O/c1-23-14(24-8-2-10-26-11-15(17,18)19)25-9-7-12-3-5-13(6-4-12)16(20,21)22/h3-6H,2,7-11H2,1H3,(H2,23,24,25). The number of hydrogen-bond donors (Lipinski definition) is 2. The molecule has 1 rings (SSSR count). The van der Waals surface area contributed by atoms with Crippen molar-refractivity contribution in [2.24, 2.45) is 4.99 Å². The third-order valence-corrected chi connectivity index (χ3v) is 3.23. The highest BCUT2D eigenvalue weighted by Gasteiger charge is 2.29. The van der Waals surface area contributed by atoms with E-state index >= 15 is 0 Å². The largest absolute Gasteiger partial charge is 0.416 e. The summed E-state index contributed by atoms with van der Waals surface area (Å²) in [6, 6.07) is 4.89. The molecule has 0 heterocycles. The van der Waals surface area contributed by atoms with Crippen LogP contribution < -0.4 is 10.6 Å². The molecule has 0 fully saturated rings. The van der Waals surface area contributed by atoms with Crippen LogP contribution in [-0.4, -0.2) is 45.5 Å². The van der Waals surface area contributed by atoms with Gasteiger partial charge in [-0.25, -0.2) is 0 Å². The van der Waals surface area contributed by atoms with Gasteiger partial charge in [-0.2, -0.15) is 26.3 Å².